The Labute approximate surface area is 128 Å². The molecule has 0 heterocycles. The SMILES string of the molecule is CCC(C)(O)C#Cc1ccc(-c2ccccc2Br)cc1. The van der Waals surface area contributed by atoms with E-state index in [2.05, 4.69) is 33.8 Å². The molecule has 0 saturated carbocycles. The lowest BCUT2D eigenvalue weighted by molar-refractivity contribution is 0.118. The van der Waals surface area contributed by atoms with E-state index in [-0.39, 0.29) is 0 Å². The van der Waals surface area contributed by atoms with Crippen molar-refractivity contribution >= 4 is 15.9 Å². The number of rotatable bonds is 2. The molecule has 0 spiro atoms. The summed E-state index contributed by atoms with van der Waals surface area (Å²) in [5, 5.41) is 9.87. The van der Waals surface area contributed by atoms with Gasteiger partial charge in [0, 0.05) is 10.0 Å². The topological polar surface area (TPSA) is 20.2 Å². The third-order valence-electron chi connectivity index (χ3n) is 3.23. The maximum absolute atomic E-state index is 9.87. The first-order chi connectivity index (χ1) is 9.52. The molecule has 1 N–H and O–H groups in total. The van der Waals surface area contributed by atoms with Crippen LogP contribution in [-0.2, 0) is 0 Å². The summed E-state index contributed by atoms with van der Waals surface area (Å²) in [6.45, 7) is 3.65. The normalized spacial score (nSPS) is 13.2. The van der Waals surface area contributed by atoms with Gasteiger partial charge in [-0.15, -0.1) is 0 Å². The Hall–Kier alpha value is -1.56. The minimum Gasteiger partial charge on any atom is -0.378 e. The van der Waals surface area contributed by atoms with Crippen LogP contribution < -0.4 is 0 Å². The lowest BCUT2D eigenvalue weighted by atomic mass is 10.0. The first-order valence-corrected chi connectivity index (χ1v) is 7.41. The van der Waals surface area contributed by atoms with Gasteiger partial charge in [-0.1, -0.05) is 65.0 Å². The van der Waals surface area contributed by atoms with Gasteiger partial charge in [-0.3, -0.25) is 0 Å². The van der Waals surface area contributed by atoms with Crippen molar-refractivity contribution in [1.29, 1.82) is 0 Å². The molecule has 2 aromatic carbocycles. The van der Waals surface area contributed by atoms with Crippen molar-refractivity contribution < 1.29 is 5.11 Å². The summed E-state index contributed by atoms with van der Waals surface area (Å²) in [5.74, 6) is 5.91. The molecular formula is C18H17BrO. The lowest BCUT2D eigenvalue weighted by Crippen LogP contribution is -2.19. The minimum absolute atomic E-state index is 0.620. The molecule has 0 bridgehead atoms. The van der Waals surface area contributed by atoms with Gasteiger partial charge in [0.25, 0.3) is 0 Å². The van der Waals surface area contributed by atoms with Crippen LogP contribution in [-0.4, -0.2) is 10.7 Å². The Kier molecular flexibility index (Phi) is 4.65. The molecular weight excluding hydrogens is 312 g/mol. The maximum Gasteiger partial charge on any atom is 0.122 e. The molecule has 2 rings (SSSR count). The summed E-state index contributed by atoms with van der Waals surface area (Å²) in [7, 11) is 0. The highest BCUT2D eigenvalue weighted by molar-refractivity contribution is 9.10. The quantitative estimate of drug-likeness (QED) is 0.797. The fourth-order valence-electron chi connectivity index (χ4n) is 1.72. The van der Waals surface area contributed by atoms with Crippen molar-refractivity contribution in [3.8, 4) is 23.0 Å². The number of hydrogen-bond acceptors (Lipinski definition) is 1. The average Bonchev–Trinajstić information content (AvgIpc) is 2.46. The molecule has 1 unspecified atom stereocenters. The van der Waals surface area contributed by atoms with Crippen LogP contribution in [0.5, 0.6) is 0 Å². The molecule has 0 saturated heterocycles. The van der Waals surface area contributed by atoms with Crippen LogP contribution in [0, 0.1) is 11.8 Å². The van der Waals surface area contributed by atoms with E-state index in [1.54, 1.807) is 6.92 Å². The predicted octanol–water partition coefficient (Wildman–Crippen LogP) is 4.63. The maximum atomic E-state index is 9.87. The van der Waals surface area contributed by atoms with Crippen molar-refractivity contribution in [3.63, 3.8) is 0 Å². The van der Waals surface area contributed by atoms with Gasteiger partial charge in [-0.25, -0.2) is 0 Å². The monoisotopic (exact) mass is 328 g/mol. The number of halogens is 1. The van der Waals surface area contributed by atoms with E-state index in [0.717, 1.165) is 21.2 Å². The molecule has 2 heteroatoms. The van der Waals surface area contributed by atoms with Gasteiger partial charge >= 0.3 is 0 Å². The van der Waals surface area contributed by atoms with Crippen LogP contribution >= 0.6 is 15.9 Å². The van der Waals surface area contributed by atoms with Gasteiger partial charge in [-0.2, -0.15) is 0 Å². The number of hydrogen-bond donors (Lipinski definition) is 1. The van der Waals surface area contributed by atoms with Crippen LogP contribution in [0.1, 0.15) is 25.8 Å². The van der Waals surface area contributed by atoms with Gasteiger partial charge in [-0.05, 0) is 42.7 Å². The molecule has 0 aliphatic heterocycles. The Morgan fingerprint density at radius 2 is 1.75 bits per heavy atom. The molecule has 0 amide bonds. The lowest BCUT2D eigenvalue weighted by Gasteiger charge is -2.11. The van der Waals surface area contributed by atoms with Crippen LogP contribution in [0.25, 0.3) is 11.1 Å². The summed E-state index contributed by atoms with van der Waals surface area (Å²) >= 11 is 3.56. The number of benzene rings is 2. The highest BCUT2D eigenvalue weighted by Crippen LogP contribution is 2.27. The summed E-state index contributed by atoms with van der Waals surface area (Å²) in [6, 6.07) is 16.2. The van der Waals surface area contributed by atoms with Crippen molar-refractivity contribution in [3.05, 3.63) is 58.6 Å². The summed E-state index contributed by atoms with van der Waals surface area (Å²) in [6.07, 6.45) is 0.620. The Bertz CT molecular complexity index is 645. The van der Waals surface area contributed by atoms with Gasteiger partial charge < -0.3 is 5.11 Å². The zero-order chi connectivity index (χ0) is 14.6. The molecule has 0 radical (unpaired) electrons. The van der Waals surface area contributed by atoms with E-state index >= 15 is 0 Å². The third-order valence-corrected chi connectivity index (χ3v) is 3.93. The van der Waals surface area contributed by atoms with Gasteiger partial charge in [0.1, 0.15) is 5.60 Å². The number of aliphatic hydroxyl groups is 1. The molecule has 0 aliphatic rings. The van der Waals surface area contributed by atoms with E-state index in [9.17, 15) is 5.11 Å². The summed E-state index contributed by atoms with van der Waals surface area (Å²) < 4.78 is 1.08. The van der Waals surface area contributed by atoms with Crippen LogP contribution in [0.3, 0.4) is 0 Å². The largest absolute Gasteiger partial charge is 0.378 e. The van der Waals surface area contributed by atoms with E-state index in [1.165, 1.54) is 0 Å². The molecule has 2 aromatic rings. The standard InChI is InChI=1S/C18H17BrO/c1-3-18(2,20)13-12-14-8-10-15(11-9-14)16-6-4-5-7-17(16)19/h4-11,20H,3H2,1-2H3. The summed E-state index contributed by atoms with van der Waals surface area (Å²) in [4.78, 5) is 0. The van der Waals surface area contributed by atoms with E-state index in [0.29, 0.717) is 6.42 Å². The Morgan fingerprint density at radius 3 is 2.35 bits per heavy atom. The van der Waals surface area contributed by atoms with E-state index < -0.39 is 5.60 Å². The highest BCUT2D eigenvalue weighted by Gasteiger charge is 2.12. The van der Waals surface area contributed by atoms with Crippen LogP contribution in [0.2, 0.25) is 0 Å². The predicted molar refractivity (Wildman–Crippen MR) is 87.4 cm³/mol. The first kappa shape index (κ1) is 14.8. The summed E-state index contributed by atoms with van der Waals surface area (Å²) in [5.41, 5.74) is 2.30. The Balaban J connectivity index is 2.26. The van der Waals surface area contributed by atoms with Crippen molar-refractivity contribution in [2.75, 3.05) is 0 Å². The molecule has 1 atom stereocenters. The third kappa shape index (κ3) is 3.72. The molecule has 0 aliphatic carbocycles. The van der Waals surface area contributed by atoms with E-state index in [1.807, 2.05) is 49.4 Å². The molecule has 0 fully saturated rings. The smallest absolute Gasteiger partial charge is 0.122 e. The van der Waals surface area contributed by atoms with Crippen LogP contribution in [0.4, 0.5) is 0 Å². The Morgan fingerprint density at radius 1 is 1.10 bits per heavy atom. The van der Waals surface area contributed by atoms with Gasteiger partial charge in [0.05, 0.1) is 0 Å². The van der Waals surface area contributed by atoms with Crippen molar-refractivity contribution in [2.24, 2.45) is 0 Å². The molecule has 102 valence electrons. The molecule has 0 aromatic heterocycles. The molecule has 20 heavy (non-hydrogen) atoms. The second kappa shape index (κ2) is 6.26. The van der Waals surface area contributed by atoms with Gasteiger partial charge in [0.2, 0.25) is 0 Å². The highest BCUT2D eigenvalue weighted by atomic mass is 79.9. The molecule has 1 nitrogen and oxygen atoms in total. The van der Waals surface area contributed by atoms with E-state index in [4.69, 9.17) is 0 Å². The fraction of sp³-hybridized carbons (Fsp3) is 0.222. The van der Waals surface area contributed by atoms with Crippen molar-refractivity contribution in [1.82, 2.24) is 0 Å². The second-order valence-corrected chi connectivity index (χ2v) is 5.79. The van der Waals surface area contributed by atoms with Gasteiger partial charge in [0.15, 0.2) is 0 Å². The van der Waals surface area contributed by atoms with Crippen LogP contribution in [0.15, 0.2) is 53.0 Å². The minimum atomic E-state index is -0.916. The average molecular weight is 329 g/mol. The second-order valence-electron chi connectivity index (χ2n) is 4.93. The fourth-order valence-corrected chi connectivity index (χ4v) is 2.24. The first-order valence-electron chi connectivity index (χ1n) is 6.62. The zero-order valence-electron chi connectivity index (χ0n) is 11.7. The zero-order valence-corrected chi connectivity index (χ0v) is 13.2. The van der Waals surface area contributed by atoms with Crippen molar-refractivity contribution in [2.45, 2.75) is 25.9 Å².